The number of nitrogens with zero attached hydrogens (tertiary/aromatic N) is 2. The molecule has 0 spiro atoms. The molecule has 0 aliphatic carbocycles. The minimum Gasteiger partial charge on any atom is -0.478 e. The summed E-state index contributed by atoms with van der Waals surface area (Å²) in [6, 6.07) is 23.0. The van der Waals surface area contributed by atoms with Crippen LogP contribution in [0.25, 0.3) is 11.4 Å². The van der Waals surface area contributed by atoms with Crippen molar-refractivity contribution >= 4 is 17.5 Å². The Labute approximate surface area is 177 Å². The lowest BCUT2D eigenvalue weighted by Crippen LogP contribution is -2.10. The van der Waals surface area contributed by atoms with Crippen LogP contribution in [0, 0.1) is 0 Å². The van der Waals surface area contributed by atoms with Gasteiger partial charge in [0, 0.05) is 22.9 Å². The SMILES string of the molecule is O=C(O)c1ccnc(-c2cc(C(=O)c3ccccc3)cc(C(=O)c3ccccc3)n2)c1. The molecule has 2 aromatic carbocycles. The highest BCUT2D eigenvalue weighted by Crippen LogP contribution is 2.22. The first-order chi connectivity index (χ1) is 15.0. The molecule has 150 valence electrons. The molecule has 6 nitrogen and oxygen atoms in total. The monoisotopic (exact) mass is 408 g/mol. The Hall–Kier alpha value is -4.45. The van der Waals surface area contributed by atoms with Crippen LogP contribution in [0.3, 0.4) is 0 Å². The van der Waals surface area contributed by atoms with Crippen molar-refractivity contribution < 1.29 is 19.5 Å². The number of benzene rings is 2. The highest BCUT2D eigenvalue weighted by Gasteiger charge is 2.18. The molecule has 2 aromatic heterocycles. The summed E-state index contributed by atoms with van der Waals surface area (Å²) >= 11 is 0. The fourth-order valence-electron chi connectivity index (χ4n) is 3.11. The Morgan fingerprint density at radius 2 is 1.19 bits per heavy atom. The fraction of sp³-hybridized carbons (Fsp3) is 0. The lowest BCUT2D eigenvalue weighted by Gasteiger charge is -2.09. The van der Waals surface area contributed by atoms with Crippen LogP contribution in [0.4, 0.5) is 0 Å². The maximum absolute atomic E-state index is 13.1. The summed E-state index contributed by atoms with van der Waals surface area (Å²) in [5, 5.41) is 9.28. The van der Waals surface area contributed by atoms with E-state index >= 15 is 0 Å². The van der Waals surface area contributed by atoms with E-state index in [1.54, 1.807) is 60.7 Å². The van der Waals surface area contributed by atoms with E-state index in [0.29, 0.717) is 11.1 Å². The Balaban J connectivity index is 1.87. The summed E-state index contributed by atoms with van der Waals surface area (Å²) in [5.41, 5.74) is 1.75. The van der Waals surface area contributed by atoms with Crippen LogP contribution in [-0.2, 0) is 0 Å². The van der Waals surface area contributed by atoms with Crippen molar-refractivity contribution in [3.05, 3.63) is 119 Å². The minimum absolute atomic E-state index is 0.0301. The summed E-state index contributed by atoms with van der Waals surface area (Å²) in [6.45, 7) is 0. The molecule has 4 rings (SSSR count). The Kier molecular flexibility index (Phi) is 5.45. The van der Waals surface area contributed by atoms with E-state index in [-0.39, 0.29) is 39.8 Å². The van der Waals surface area contributed by atoms with Crippen LogP contribution in [0.15, 0.2) is 91.1 Å². The first kappa shape index (κ1) is 19.8. The van der Waals surface area contributed by atoms with Crippen molar-refractivity contribution in [3.8, 4) is 11.4 Å². The fourth-order valence-corrected chi connectivity index (χ4v) is 3.11. The van der Waals surface area contributed by atoms with Gasteiger partial charge in [0.2, 0.25) is 5.78 Å². The first-order valence-corrected chi connectivity index (χ1v) is 9.44. The maximum Gasteiger partial charge on any atom is 0.335 e. The van der Waals surface area contributed by atoms with Gasteiger partial charge in [-0.1, -0.05) is 60.7 Å². The van der Waals surface area contributed by atoms with Gasteiger partial charge in [-0.05, 0) is 24.3 Å². The zero-order valence-electron chi connectivity index (χ0n) is 16.2. The van der Waals surface area contributed by atoms with Gasteiger partial charge in [-0.2, -0.15) is 0 Å². The largest absolute Gasteiger partial charge is 0.478 e. The van der Waals surface area contributed by atoms with Crippen LogP contribution < -0.4 is 0 Å². The molecule has 6 heteroatoms. The minimum atomic E-state index is -1.11. The van der Waals surface area contributed by atoms with E-state index in [1.807, 2.05) is 0 Å². The molecular weight excluding hydrogens is 392 g/mol. The normalized spacial score (nSPS) is 10.5. The van der Waals surface area contributed by atoms with E-state index in [2.05, 4.69) is 9.97 Å². The van der Waals surface area contributed by atoms with E-state index in [9.17, 15) is 19.5 Å². The molecule has 2 heterocycles. The molecule has 31 heavy (non-hydrogen) atoms. The lowest BCUT2D eigenvalue weighted by molar-refractivity contribution is 0.0696. The number of carboxylic acids is 1. The summed E-state index contributed by atoms with van der Waals surface area (Å²) < 4.78 is 0. The predicted molar refractivity (Wildman–Crippen MR) is 114 cm³/mol. The molecule has 1 N–H and O–H groups in total. The van der Waals surface area contributed by atoms with Crippen molar-refractivity contribution in [1.82, 2.24) is 9.97 Å². The summed E-state index contributed by atoms with van der Waals surface area (Å²) in [5.74, 6) is -1.74. The molecule has 0 saturated carbocycles. The van der Waals surface area contributed by atoms with Crippen LogP contribution in [0.2, 0.25) is 0 Å². The molecule has 0 atom stereocenters. The number of pyridine rings is 2. The van der Waals surface area contributed by atoms with Gasteiger partial charge in [0.25, 0.3) is 0 Å². The zero-order chi connectivity index (χ0) is 21.8. The van der Waals surface area contributed by atoms with Crippen molar-refractivity contribution in [2.45, 2.75) is 0 Å². The average Bonchev–Trinajstić information content (AvgIpc) is 2.84. The number of aromatic carboxylic acids is 1. The number of carbonyl (C=O) groups excluding carboxylic acids is 2. The Morgan fingerprint density at radius 1 is 0.613 bits per heavy atom. The predicted octanol–water partition coefficient (Wildman–Crippen LogP) is 4.30. The molecule has 0 radical (unpaired) electrons. The van der Waals surface area contributed by atoms with E-state index < -0.39 is 5.97 Å². The van der Waals surface area contributed by atoms with E-state index in [0.717, 1.165) is 0 Å². The number of hydrogen-bond acceptors (Lipinski definition) is 5. The van der Waals surface area contributed by atoms with Crippen molar-refractivity contribution in [2.24, 2.45) is 0 Å². The molecule has 0 aliphatic heterocycles. The standard InChI is InChI=1S/C25H16N2O4/c28-23(16-7-3-1-4-8-16)19-14-21(20-13-18(25(30)31)11-12-26-20)27-22(15-19)24(29)17-9-5-2-6-10-17/h1-15H,(H,30,31). The second-order valence-electron chi connectivity index (χ2n) is 6.75. The second-order valence-corrected chi connectivity index (χ2v) is 6.75. The third-order valence-corrected chi connectivity index (χ3v) is 4.66. The highest BCUT2D eigenvalue weighted by molar-refractivity contribution is 6.13. The topological polar surface area (TPSA) is 97.2 Å². The van der Waals surface area contributed by atoms with E-state index in [1.165, 1.54) is 30.5 Å². The molecule has 0 bridgehead atoms. The Bertz CT molecular complexity index is 1220. The Morgan fingerprint density at radius 3 is 1.81 bits per heavy atom. The number of aromatic nitrogens is 2. The first-order valence-electron chi connectivity index (χ1n) is 9.44. The van der Waals surface area contributed by atoms with Gasteiger partial charge < -0.3 is 5.11 Å². The number of carbonyl (C=O) groups is 3. The van der Waals surface area contributed by atoms with Gasteiger partial charge in [0.15, 0.2) is 5.78 Å². The van der Waals surface area contributed by atoms with Gasteiger partial charge >= 0.3 is 5.97 Å². The molecular formula is C25H16N2O4. The lowest BCUT2D eigenvalue weighted by atomic mass is 9.99. The van der Waals surface area contributed by atoms with Gasteiger partial charge in [-0.15, -0.1) is 0 Å². The van der Waals surface area contributed by atoms with Crippen molar-refractivity contribution in [3.63, 3.8) is 0 Å². The third kappa shape index (κ3) is 4.28. The highest BCUT2D eigenvalue weighted by atomic mass is 16.4. The van der Waals surface area contributed by atoms with Crippen molar-refractivity contribution in [2.75, 3.05) is 0 Å². The summed E-state index contributed by atoms with van der Waals surface area (Å²) in [7, 11) is 0. The van der Waals surface area contributed by atoms with Gasteiger partial charge in [0.1, 0.15) is 5.69 Å². The van der Waals surface area contributed by atoms with Crippen molar-refractivity contribution in [1.29, 1.82) is 0 Å². The molecule has 0 amide bonds. The number of ketones is 2. The zero-order valence-corrected chi connectivity index (χ0v) is 16.2. The smallest absolute Gasteiger partial charge is 0.335 e. The molecule has 0 saturated heterocycles. The van der Waals surface area contributed by atoms with Crippen LogP contribution in [0.5, 0.6) is 0 Å². The molecule has 0 unspecified atom stereocenters. The second kappa shape index (κ2) is 8.51. The third-order valence-electron chi connectivity index (χ3n) is 4.66. The van der Waals surface area contributed by atoms with E-state index in [4.69, 9.17) is 0 Å². The number of rotatable bonds is 6. The summed E-state index contributed by atoms with van der Waals surface area (Å²) in [4.78, 5) is 46.0. The number of carboxylic acid groups (broad SMARTS) is 1. The van der Waals surface area contributed by atoms with Crippen LogP contribution in [-0.4, -0.2) is 32.6 Å². The van der Waals surface area contributed by atoms with Crippen LogP contribution >= 0.6 is 0 Å². The molecule has 4 aromatic rings. The quantitative estimate of drug-likeness (QED) is 0.478. The van der Waals surface area contributed by atoms with Gasteiger partial charge in [-0.25, -0.2) is 9.78 Å². The van der Waals surface area contributed by atoms with Gasteiger partial charge in [-0.3, -0.25) is 14.6 Å². The maximum atomic E-state index is 13.1. The molecule has 0 aliphatic rings. The molecule has 0 fully saturated rings. The van der Waals surface area contributed by atoms with Crippen LogP contribution in [0.1, 0.15) is 42.3 Å². The summed E-state index contributed by atoms with van der Waals surface area (Å²) in [6.07, 6.45) is 1.35. The number of hydrogen-bond donors (Lipinski definition) is 1. The van der Waals surface area contributed by atoms with Gasteiger partial charge in [0.05, 0.1) is 17.0 Å². The average molecular weight is 408 g/mol.